The van der Waals surface area contributed by atoms with Gasteiger partial charge in [-0.3, -0.25) is 4.79 Å². The van der Waals surface area contributed by atoms with E-state index < -0.39 is 0 Å². The Hall–Kier alpha value is -3.40. The van der Waals surface area contributed by atoms with E-state index in [9.17, 15) is 4.79 Å². The molecule has 0 aliphatic rings. The third-order valence-electron chi connectivity index (χ3n) is 4.03. The van der Waals surface area contributed by atoms with Crippen molar-refractivity contribution < 1.29 is 19.0 Å². The Morgan fingerprint density at radius 1 is 1.03 bits per heavy atom. The molecule has 3 N–H and O–H groups in total. The van der Waals surface area contributed by atoms with Gasteiger partial charge < -0.3 is 25.4 Å². The summed E-state index contributed by atoms with van der Waals surface area (Å²) in [6.45, 7) is 0. The first-order chi connectivity index (χ1) is 14.0. The molecule has 3 rings (SSSR count). The predicted octanol–water partition coefficient (Wildman–Crippen LogP) is 2.42. The number of hydrogen-bond acceptors (Lipinski definition) is 8. The summed E-state index contributed by atoms with van der Waals surface area (Å²) in [5.74, 6) is 8.32. The topological polar surface area (TPSA) is 114 Å². The molecule has 0 saturated heterocycles. The second-order valence-electron chi connectivity index (χ2n) is 5.81. The number of ether oxygens (including phenoxy) is 3. The van der Waals surface area contributed by atoms with Gasteiger partial charge in [-0.25, -0.2) is 4.68 Å². The average Bonchev–Trinajstić information content (AvgIpc) is 3.12. The summed E-state index contributed by atoms with van der Waals surface area (Å²) in [6.07, 6.45) is 0. The molecule has 1 amide bonds. The van der Waals surface area contributed by atoms with Crippen LogP contribution in [0.4, 0.5) is 5.69 Å². The highest BCUT2D eigenvalue weighted by molar-refractivity contribution is 7.99. The van der Waals surface area contributed by atoms with Crippen LogP contribution in [0.1, 0.15) is 0 Å². The van der Waals surface area contributed by atoms with Crippen molar-refractivity contribution in [2.45, 2.75) is 5.16 Å². The lowest BCUT2D eigenvalue weighted by molar-refractivity contribution is -0.113. The van der Waals surface area contributed by atoms with Gasteiger partial charge in [-0.15, -0.1) is 10.2 Å². The molecule has 10 heteroatoms. The molecule has 1 heterocycles. The van der Waals surface area contributed by atoms with Crippen LogP contribution in [-0.2, 0) is 4.79 Å². The fraction of sp³-hybridized carbons (Fsp3) is 0.211. The van der Waals surface area contributed by atoms with Gasteiger partial charge in [0.15, 0.2) is 5.82 Å². The van der Waals surface area contributed by atoms with E-state index in [1.54, 1.807) is 32.4 Å². The molecule has 0 aliphatic heterocycles. The van der Waals surface area contributed by atoms with E-state index in [2.05, 4.69) is 15.5 Å². The van der Waals surface area contributed by atoms with Crippen molar-refractivity contribution in [2.24, 2.45) is 0 Å². The minimum absolute atomic E-state index is 0.0955. The molecule has 29 heavy (non-hydrogen) atoms. The Bertz CT molecular complexity index is 991. The van der Waals surface area contributed by atoms with Gasteiger partial charge in [0, 0.05) is 11.6 Å². The largest absolute Gasteiger partial charge is 0.497 e. The Balaban J connectivity index is 1.66. The number of nitrogens with zero attached hydrogens (tertiary/aromatic N) is 3. The SMILES string of the molecule is COc1ccc(-c2nnc(SCC(=O)Nc3cc(OC)ccc3OC)n2N)cc1. The maximum atomic E-state index is 12.4. The zero-order valence-corrected chi connectivity index (χ0v) is 17.0. The molecule has 0 radical (unpaired) electrons. The molecular weight excluding hydrogens is 394 g/mol. The molecule has 0 unspecified atom stereocenters. The van der Waals surface area contributed by atoms with E-state index in [1.165, 1.54) is 23.5 Å². The molecular formula is C19H21N5O4S. The quantitative estimate of drug-likeness (QED) is 0.426. The summed E-state index contributed by atoms with van der Waals surface area (Å²) in [4.78, 5) is 12.4. The number of carbonyl (C=O) groups excluding carboxylic acids is 1. The molecule has 0 spiro atoms. The van der Waals surface area contributed by atoms with Crippen molar-refractivity contribution in [1.29, 1.82) is 0 Å². The van der Waals surface area contributed by atoms with Crippen molar-refractivity contribution in [1.82, 2.24) is 14.9 Å². The number of nitrogens with one attached hydrogen (secondary N) is 1. The van der Waals surface area contributed by atoms with Gasteiger partial charge in [0.05, 0.1) is 32.8 Å². The number of carbonyl (C=O) groups is 1. The van der Waals surface area contributed by atoms with Gasteiger partial charge in [0.25, 0.3) is 0 Å². The summed E-state index contributed by atoms with van der Waals surface area (Å²) >= 11 is 1.18. The normalized spacial score (nSPS) is 10.4. The molecule has 9 nitrogen and oxygen atoms in total. The summed E-state index contributed by atoms with van der Waals surface area (Å²) in [6, 6.07) is 12.5. The number of hydrogen-bond donors (Lipinski definition) is 2. The van der Waals surface area contributed by atoms with Crippen molar-refractivity contribution >= 4 is 23.4 Å². The third kappa shape index (κ3) is 4.72. The van der Waals surface area contributed by atoms with Crippen LogP contribution in [0.15, 0.2) is 47.6 Å². The smallest absolute Gasteiger partial charge is 0.234 e. The minimum atomic E-state index is -0.240. The second kappa shape index (κ2) is 9.20. The molecule has 2 aromatic carbocycles. The van der Waals surface area contributed by atoms with E-state index in [4.69, 9.17) is 20.1 Å². The van der Waals surface area contributed by atoms with Crippen LogP contribution in [0.3, 0.4) is 0 Å². The third-order valence-corrected chi connectivity index (χ3v) is 4.97. The average molecular weight is 415 g/mol. The molecule has 0 aliphatic carbocycles. The maximum absolute atomic E-state index is 12.4. The van der Waals surface area contributed by atoms with Crippen LogP contribution in [0, 0.1) is 0 Å². The van der Waals surface area contributed by atoms with Gasteiger partial charge in [-0.05, 0) is 36.4 Å². The van der Waals surface area contributed by atoms with E-state index in [-0.39, 0.29) is 11.7 Å². The summed E-state index contributed by atoms with van der Waals surface area (Å²) < 4.78 is 16.9. The molecule has 0 saturated carbocycles. The van der Waals surface area contributed by atoms with Crippen LogP contribution >= 0.6 is 11.8 Å². The summed E-state index contributed by atoms with van der Waals surface area (Å²) in [5, 5.41) is 11.4. The van der Waals surface area contributed by atoms with E-state index >= 15 is 0 Å². The van der Waals surface area contributed by atoms with Crippen LogP contribution < -0.4 is 25.4 Å². The number of nitrogens with two attached hydrogens (primary N) is 1. The van der Waals surface area contributed by atoms with Gasteiger partial charge in [0.1, 0.15) is 17.2 Å². The lowest BCUT2D eigenvalue weighted by Crippen LogP contribution is -2.17. The summed E-state index contributed by atoms with van der Waals surface area (Å²) in [7, 11) is 4.68. The Labute approximate surface area is 172 Å². The van der Waals surface area contributed by atoms with Gasteiger partial charge in [-0.2, -0.15) is 0 Å². The highest BCUT2D eigenvalue weighted by Gasteiger charge is 2.15. The standard InChI is InChI=1S/C19H21N5O4S/c1-26-13-6-4-12(5-7-13)18-22-23-19(24(18)20)29-11-17(25)21-15-10-14(27-2)8-9-16(15)28-3/h4-10H,11,20H2,1-3H3,(H,21,25). The minimum Gasteiger partial charge on any atom is -0.497 e. The number of benzene rings is 2. The number of amides is 1. The van der Waals surface area contributed by atoms with Crippen LogP contribution in [-0.4, -0.2) is 47.9 Å². The van der Waals surface area contributed by atoms with Crippen molar-refractivity contribution in [3.8, 4) is 28.6 Å². The van der Waals surface area contributed by atoms with Gasteiger partial charge in [0.2, 0.25) is 11.1 Å². The van der Waals surface area contributed by atoms with Crippen molar-refractivity contribution in [3.63, 3.8) is 0 Å². The van der Waals surface area contributed by atoms with Crippen molar-refractivity contribution in [3.05, 3.63) is 42.5 Å². The van der Waals surface area contributed by atoms with Crippen LogP contribution in [0.25, 0.3) is 11.4 Å². The van der Waals surface area contributed by atoms with Crippen molar-refractivity contribution in [2.75, 3.05) is 38.2 Å². The number of nitrogen functional groups attached to an aromatic ring is 1. The molecule has 0 atom stereocenters. The number of anilines is 1. The monoisotopic (exact) mass is 415 g/mol. The summed E-state index contributed by atoms with van der Waals surface area (Å²) in [5.41, 5.74) is 1.31. The number of thioether (sulfide) groups is 1. The first-order valence-corrected chi connectivity index (χ1v) is 9.54. The van der Waals surface area contributed by atoms with Gasteiger partial charge in [-0.1, -0.05) is 11.8 Å². The first kappa shape index (κ1) is 20.3. The molecule has 3 aromatic rings. The van der Waals surface area contributed by atoms with Crippen LogP contribution in [0.2, 0.25) is 0 Å². The number of rotatable bonds is 8. The highest BCUT2D eigenvalue weighted by atomic mass is 32.2. The lowest BCUT2D eigenvalue weighted by Gasteiger charge is -2.11. The molecule has 152 valence electrons. The maximum Gasteiger partial charge on any atom is 0.234 e. The highest BCUT2D eigenvalue weighted by Crippen LogP contribution is 2.29. The van der Waals surface area contributed by atoms with Crippen LogP contribution in [0.5, 0.6) is 17.2 Å². The second-order valence-corrected chi connectivity index (χ2v) is 6.75. The molecule has 1 aromatic heterocycles. The fourth-order valence-corrected chi connectivity index (χ4v) is 3.20. The molecule has 0 fully saturated rings. The van der Waals surface area contributed by atoms with E-state index in [1.807, 2.05) is 24.3 Å². The molecule has 0 bridgehead atoms. The van der Waals surface area contributed by atoms with E-state index in [0.717, 1.165) is 11.3 Å². The van der Waals surface area contributed by atoms with E-state index in [0.29, 0.717) is 28.2 Å². The Kier molecular flexibility index (Phi) is 6.45. The predicted molar refractivity (Wildman–Crippen MR) is 111 cm³/mol. The Morgan fingerprint density at radius 3 is 2.38 bits per heavy atom. The zero-order chi connectivity index (χ0) is 20.8. The number of methoxy groups -OCH3 is 3. The zero-order valence-electron chi connectivity index (χ0n) is 16.2. The fourth-order valence-electron chi connectivity index (χ4n) is 2.54. The first-order valence-electron chi connectivity index (χ1n) is 8.55. The number of aromatic nitrogens is 3. The Morgan fingerprint density at radius 2 is 1.72 bits per heavy atom. The lowest BCUT2D eigenvalue weighted by atomic mass is 10.2. The van der Waals surface area contributed by atoms with Gasteiger partial charge >= 0.3 is 0 Å².